The van der Waals surface area contributed by atoms with Gasteiger partial charge < -0.3 is 5.32 Å². The first-order valence-electron chi connectivity index (χ1n) is 7.87. The molecule has 0 aliphatic heterocycles. The van der Waals surface area contributed by atoms with Gasteiger partial charge in [-0.25, -0.2) is 13.4 Å². The van der Waals surface area contributed by atoms with Crippen molar-refractivity contribution in [3.05, 3.63) is 52.4 Å². The lowest BCUT2D eigenvalue weighted by molar-refractivity contribution is -0.117. The average molecular weight is 412 g/mol. The molecule has 2 N–H and O–H groups in total. The van der Waals surface area contributed by atoms with Gasteiger partial charge in [0.1, 0.15) is 6.04 Å². The van der Waals surface area contributed by atoms with Crippen LogP contribution in [0.1, 0.15) is 17.7 Å². The second-order valence-electron chi connectivity index (χ2n) is 5.49. The van der Waals surface area contributed by atoms with Crippen molar-refractivity contribution in [1.29, 1.82) is 0 Å². The number of aromatic nitrogens is 1. The summed E-state index contributed by atoms with van der Waals surface area (Å²) >= 11 is 2.85. The highest BCUT2D eigenvalue weighted by Crippen LogP contribution is 2.15. The molecule has 1 heterocycles. The molecule has 26 heavy (non-hydrogen) atoms. The molecule has 1 aromatic carbocycles. The second kappa shape index (κ2) is 9.86. The van der Waals surface area contributed by atoms with Crippen LogP contribution in [0.2, 0.25) is 0 Å². The number of carbonyl (C=O) groups excluding carboxylic acids is 1. The Labute approximate surface area is 162 Å². The van der Waals surface area contributed by atoms with Gasteiger partial charge in [-0.15, -0.1) is 11.3 Å². The summed E-state index contributed by atoms with van der Waals surface area (Å²) in [5.74, 6) is 0.241. The molecular formula is C17H21N3O3S3. The third kappa shape index (κ3) is 6.91. The first-order valence-corrected chi connectivity index (χ1v) is 11.7. The highest BCUT2D eigenvalue weighted by atomic mass is 32.2. The number of anilines is 1. The van der Waals surface area contributed by atoms with Crippen molar-refractivity contribution in [3.8, 4) is 0 Å². The molecule has 2 aromatic rings. The van der Waals surface area contributed by atoms with E-state index in [-0.39, 0.29) is 0 Å². The number of amides is 1. The highest BCUT2D eigenvalue weighted by Gasteiger charge is 2.23. The number of nitrogens with one attached hydrogen (secondary N) is 2. The van der Waals surface area contributed by atoms with Crippen LogP contribution >= 0.6 is 23.1 Å². The van der Waals surface area contributed by atoms with Gasteiger partial charge in [0.25, 0.3) is 0 Å². The van der Waals surface area contributed by atoms with Crippen LogP contribution in [0.5, 0.6) is 0 Å². The topological polar surface area (TPSA) is 88.2 Å². The number of benzene rings is 1. The van der Waals surface area contributed by atoms with E-state index in [1.807, 2.05) is 36.8 Å². The number of sulfonamides is 1. The molecule has 1 aromatic heterocycles. The lowest BCUT2D eigenvalue weighted by Gasteiger charge is -2.16. The summed E-state index contributed by atoms with van der Waals surface area (Å²) in [5.41, 5.74) is 1.57. The van der Waals surface area contributed by atoms with E-state index in [0.29, 0.717) is 17.3 Å². The molecule has 0 aliphatic carbocycles. The van der Waals surface area contributed by atoms with Crippen molar-refractivity contribution in [2.75, 3.05) is 17.3 Å². The van der Waals surface area contributed by atoms with Crippen molar-refractivity contribution in [1.82, 2.24) is 9.71 Å². The van der Waals surface area contributed by atoms with Crippen LogP contribution in [0.4, 0.5) is 5.13 Å². The summed E-state index contributed by atoms with van der Waals surface area (Å²) in [6, 6.07) is 8.24. The molecule has 1 unspecified atom stereocenters. The van der Waals surface area contributed by atoms with E-state index < -0.39 is 22.0 Å². The number of hydrogen-bond donors (Lipinski definition) is 2. The predicted octanol–water partition coefficient (Wildman–Crippen LogP) is 3.10. The van der Waals surface area contributed by atoms with Crippen LogP contribution in [0.25, 0.3) is 6.08 Å². The molecule has 6 nitrogen and oxygen atoms in total. The van der Waals surface area contributed by atoms with Crippen molar-refractivity contribution < 1.29 is 13.2 Å². The Kier molecular flexibility index (Phi) is 7.83. The minimum absolute atomic E-state index is 0.385. The van der Waals surface area contributed by atoms with E-state index in [4.69, 9.17) is 0 Å². The van der Waals surface area contributed by atoms with Gasteiger partial charge in [0.15, 0.2) is 5.13 Å². The Morgan fingerprint density at radius 3 is 2.69 bits per heavy atom. The number of nitrogens with zero attached hydrogens (tertiary/aromatic N) is 1. The number of rotatable bonds is 9. The Balaban J connectivity index is 2.07. The number of aryl methyl sites for hydroxylation is 1. The molecule has 140 valence electrons. The molecule has 0 radical (unpaired) electrons. The first-order chi connectivity index (χ1) is 12.4. The summed E-state index contributed by atoms with van der Waals surface area (Å²) < 4.78 is 27.1. The predicted molar refractivity (Wildman–Crippen MR) is 110 cm³/mol. The minimum Gasteiger partial charge on any atom is -0.301 e. The SMILES string of the molecule is CSCCC(NS(=O)(=O)/C=C/c1ccccc1)C(=O)Nc1nc(C)cs1. The van der Waals surface area contributed by atoms with E-state index in [1.165, 1.54) is 17.4 Å². The van der Waals surface area contributed by atoms with Gasteiger partial charge in [-0.2, -0.15) is 16.5 Å². The normalized spacial score (nSPS) is 13.0. The fourth-order valence-electron chi connectivity index (χ4n) is 2.05. The fraction of sp³-hybridized carbons (Fsp3) is 0.294. The summed E-state index contributed by atoms with van der Waals surface area (Å²) in [4.78, 5) is 16.7. The molecule has 1 amide bonds. The van der Waals surface area contributed by atoms with Crippen molar-refractivity contribution >= 4 is 50.2 Å². The minimum atomic E-state index is -3.76. The highest BCUT2D eigenvalue weighted by molar-refractivity contribution is 7.98. The van der Waals surface area contributed by atoms with E-state index in [2.05, 4.69) is 15.0 Å². The summed E-state index contributed by atoms with van der Waals surface area (Å²) in [6.07, 6.45) is 3.79. The maximum absolute atomic E-state index is 12.5. The van der Waals surface area contributed by atoms with Crippen LogP contribution in [0.15, 0.2) is 41.1 Å². The molecular weight excluding hydrogens is 390 g/mol. The van der Waals surface area contributed by atoms with E-state index >= 15 is 0 Å². The maximum Gasteiger partial charge on any atom is 0.244 e. The molecule has 0 fully saturated rings. The van der Waals surface area contributed by atoms with Crippen LogP contribution in [-0.2, 0) is 14.8 Å². The Morgan fingerprint density at radius 2 is 2.08 bits per heavy atom. The van der Waals surface area contributed by atoms with Gasteiger partial charge in [0.05, 0.1) is 5.69 Å². The molecule has 2 rings (SSSR count). The van der Waals surface area contributed by atoms with Crippen molar-refractivity contribution in [2.24, 2.45) is 0 Å². The zero-order valence-corrected chi connectivity index (χ0v) is 17.0. The van der Waals surface area contributed by atoms with Crippen molar-refractivity contribution in [3.63, 3.8) is 0 Å². The first kappa shape index (κ1) is 20.6. The fourth-order valence-corrected chi connectivity index (χ4v) is 4.25. The molecule has 0 saturated heterocycles. The summed E-state index contributed by atoms with van der Waals surface area (Å²) in [7, 11) is -3.76. The zero-order valence-electron chi connectivity index (χ0n) is 14.5. The van der Waals surface area contributed by atoms with Gasteiger partial charge in [-0.1, -0.05) is 30.3 Å². The van der Waals surface area contributed by atoms with Gasteiger partial charge in [0.2, 0.25) is 15.9 Å². The quantitative estimate of drug-likeness (QED) is 0.662. The molecule has 1 atom stereocenters. The van der Waals surface area contributed by atoms with Crippen LogP contribution in [0, 0.1) is 6.92 Å². The number of thiazole rings is 1. The van der Waals surface area contributed by atoms with E-state index in [1.54, 1.807) is 23.9 Å². The third-order valence-corrected chi connectivity index (χ3v) is 5.95. The number of hydrogen-bond acceptors (Lipinski definition) is 6. The van der Waals surface area contributed by atoms with Gasteiger partial charge in [-0.3, -0.25) is 4.79 Å². The molecule has 0 aliphatic rings. The number of carbonyl (C=O) groups is 1. The van der Waals surface area contributed by atoms with Gasteiger partial charge in [-0.05, 0) is 37.0 Å². The smallest absolute Gasteiger partial charge is 0.244 e. The Morgan fingerprint density at radius 1 is 1.35 bits per heavy atom. The standard InChI is InChI=1S/C17H21N3O3S3/c1-13-12-25-17(18-13)19-16(21)15(8-10-24-2)20-26(22,23)11-9-14-6-4-3-5-7-14/h3-7,9,11-12,15,20H,8,10H2,1-2H3,(H,18,19,21)/b11-9+. The second-order valence-corrected chi connectivity index (χ2v) is 8.94. The number of thioether (sulfide) groups is 1. The maximum atomic E-state index is 12.5. The monoisotopic (exact) mass is 411 g/mol. The summed E-state index contributed by atoms with van der Waals surface area (Å²) in [5, 5.41) is 6.03. The van der Waals surface area contributed by atoms with Crippen LogP contribution in [-0.4, -0.2) is 37.4 Å². The summed E-state index contributed by atoms with van der Waals surface area (Å²) in [6.45, 7) is 1.83. The lowest BCUT2D eigenvalue weighted by atomic mass is 10.2. The molecule has 0 spiro atoms. The molecule has 0 saturated carbocycles. The average Bonchev–Trinajstić information content (AvgIpc) is 3.02. The Hall–Kier alpha value is -1.68. The van der Waals surface area contributed by atoms with E-state index in [9.17, 15) is 13.2 Å². The largest absolute Gasteiger partial charge is 0.301 e. The van der Waals surface area contributed by atoms with Crippen molar-refractivity contribution in [2.45, 2.75) is 19.4 Å². The molecule has 9 heteroatoms. The zero-order chi connectivity index (χ0) is 19.0. The van der Waals surface area contributed by atoms with Crippen LogP contribution in [0.3, 0.4) is 0 Å². The lowest BCUT2D eigenvalue weighted by Crippen LogP contribution is -2.43. The van der Waals surface area contributed by atoms with Gasteiger partial charge in [0, 0.05) is 10.8 Å². The van der Waals surface area contributed by atoms with Crippen LogP contribution < -0.4 is 10.0 Å². The molecule has 0 bridgehead atoms. The van der Waals surface area contributed by atoms with Gasteiger partial charge >= 0.3 is 0 Å². The van der Waals surface area contributed by atoms with E-state index in [0.717, 1.165) is 16.7 Å². The Bertz CT molecular complexity index is 848. The third-order valence-electron chi connectivity index (χ3n) is 3.32.